The molecule has 1 fully saturated rings. The van der Waals surface area contributed by atoms with Crippen LogP contribution in [-0.2, 0) is 11.4 Å². The van der Waals surface area contributed by atoms with Crippen LogP contribution >= 0.6 is 34.4 Å². The molecule has 0 bridgehead atoms. The van der Waals surface area contributed by atoms with E-state index in [9.17, 15) is 14.9 Å². The van der Waals surface area contributed by atoms with E-state index in [2.05, 4.69) is 28.7 Å². The summed E-state index contributed by atoms with van der Waals surface area (Å²) in [7, 11) is 0. The quantitative estimate of drug-likeness (QED) is 0.183. The molecule has 0 radical (unpaired) electrons. The lowest BCUT2D eigenvalue weighted by Crippen LogP contribution is -2.32. The Kier molecular flexibility index (Phi) is 9.31. The first-order valence-electron chi connectivity index (χ1n) is 11.9. The SMILES string of the molecule is CCOc1cc(/C=C2\SC(=O)N(CCOc3ccc(C)cc3)C2=O)cc(I)c1OCc1ccccc1C#N. The van der Waals surface area contributed by atoms with Gasteiger partial charge in [-0.1, -0.05) is 35.9 Å². The molecule has 7 nitrogen and oxygen atoms in total. The van der Waals surface area contributed by atoms with Crippen LogP contribution in [-0.4, -0.2) is 35.8 Å². The lowest BCUT2D eigenvalue weighted by Gasteiger charge is -2.15. The van der Waals surface area contributed by atoms with Gasteiger partial charge in [0.05, 0.1) is 33.3 Å². The molecule has 1 saturated heterocycles. The van der Waals surface area contributed by atoms with E-state index in [-0.39, 0.29) is 30.9 Å². The van der Waals surface area contributed by atoms with Crippen molar-refractivity contribution in [2.45, 2.75) is 20.5 Å². The highest BCUT2D eigenvalue weighted by molar-refractivity contribution is 14.1. The number of nitriles is 1. The van der Waals surface area contributed by atoms with Gasteiger partial charge in [0.2, 0.25) is 0 Å². The van der Waals surface area contributed by atoms with Crippen LogP contribution in [0.25, 0.3) is 6.08 Å². The molecule has 3 aromatic rings. The first-order chi connectivity index (χ1) is 18.4. The zero-order chi connectivity index (χ0) is 27.1. The van der Waals surface area contributed by atoms with E-state index in [1.807, 2.05) is 62.4 Å². The van der Waals surface area contributed by atoms with Crippen molar-refractivity contribution in [3.05, 3.63) is 91.4 Å². The maximum Gasteiger partial charge on any atom is 0.293 e. The van der Waals surface area contributed by atoms with Gasteiger partial charge in [-0.25, -0.2) is 0 Å². The maximum atomic E-state index is 13.0. The number of nitrogens with zero attached hydrogens (tertiary/aromatic N) is 2. The molecule has 9 heteroatoms. The minimum Gasteiger partial charge on any atom is -0.492 e. The number of carbonyl (C=O) groups excluding carboxylic acids is 2. The molecule has 0 N–H and O–H groups in total. The van der Waals surface area contributed by atoms with Crippen LogP contribution in [0.2, 0.25) is 0 Å². The number of aryl methyl sites for hydroxylation is 1. The standard InChI is InChI=1S/C29H25IN2O5S/c1-3-35-25-15-20(14-24(30)27(25)37-18-22-7-5-4-6-21(22)17-31)16-26-28(33)32(29(34)38-26)12-13-36-23-10-8-19(2)9-11-23/h4-11,14-16H,3,12-13,18H2,1-2H3/b26-16-. The Bertz CT molecular complexity index is 1420. The van der Waals surface area contributed by atoms with Crippen LogP contribution in [0.1, 0.15) is 29.2 Å². The highest BCUT2D eigenvalue weighted by Crippen LogP contribution is 2.38. The molecule has 1 aliphatic rings. The minimum absolute atomic E-state index is 0.161. The number of benzene rings is 3. The summed E-state index contributed by atoms with van der Waals surface area (Å²) < 4.78 is 18.4. The van der Waals surface area contributed by atoms with Gasteiger partial charge in [-0.05, 0) is 90.2 Å². The smallest absolute Gasteiger partial charge is 0.293 e. The second-order valence-electron chi connectivity index (χ2n) is 8.32. The number of imide groups is 1. The van der Waals surface area contributed by atoms with Crippen molar-refractivity contribution in [2.24, 2.45) is 0 Å². The van der Waals surface area contributed by atoms with Gasteiger partial charge < -0.3 is 14.2 Å². The number of rotatable bonds is 10. The van der Waals surface area contributed by atoms with E-state index in [1.54, 1.807) is 18.2 Å². The monoisotopic (exact) mass is 640 g/mol. The molecule has 0 atom stereocenters. The van der Waals surface area contributed by atoms with Crippen LogP contribution in [0.15, 0.2) is 65.6 Å². The zero-order valence-corrected chi connectivity index (χ0v) is 23.9. The fraction of sp³-hybridized carbons (Fsp3) is 0.207. The fourth-order valence-electron chi connectivity index (χ4n) is 3.71. The van der Waals surface area contributed by atoms with Crippen LogP contribution < -0.4 is 14.2 Å². The van der Waals surface area contributed by atoms with E-state index in [0.717, 1.165) is 26.5 Å². The van der Waals surface area contributed by atoms with Crippen LogP contribution in [0.4, 0.5) is 4.79 Å². The Morgan fingerprint density at radius 2 is 1.82 bits per heavy atom. The van der Waals surface area contributed by atoms with Crippen molar-refractivity contribution in [3.8, 4) is 23.3 Å². The summed E-state index contributed by atoms with van der Waals surface area (Å²) in [6.45, 7) is 4.87. The van der Waals surface area contributed by atoms with Gasteiger partial charge in [-0.15, -0.1) is 0 Å². The van der Waals surface area contributed by atoms with Crippen LogP contribution in [0.3, 0.4) is 0 Å². The third-order valence-corrected chi connectivity index (χ3v) is 7.33. The number of amides is 2. The number of ether oxygens (including phenoxy) is 3. The molecule has 0 aliphatic carbocycles. The Hall–Kier alpha value is -3.49. The summed E-state index contributed by atoms with van der Waals surface area (Å²) >= 11 is 3.06. The highest BCUT2D eigenvalue weighted by Gasteiger charge is 2.35. The average molecular weight is 640 g/mol. The first-order valence-corrected chi connectivity index (χ1v) is 13.8. The van der Waals surface area contributed by atoms with Gasteiger partial charge in [0.25, 0.3) is 11.1 Å². The molecule has 194 valence electrons. The molecule has 0 saturated carbocycles. The largest absolute Gasteiger partial charge is 0.492 e. The van der Waals surface area contributed by atoms with Gasteiger partial charge in [0, 0.05) is 5.56 Å². The van der Waals surface area contributed by atoms with Gasteiger partial charge in [-0.3, -0.25) is 14.5 Å². The zero-order valence-electron chi connectivity index (χ0n) is 20.9. The molecule has 0 spiro atoms. The summed E-state index contributed by atoms with van der Waals surface area (Å²) in [5.74, 6) is 1.41. The minimum atomic E-state index is -0.353. The number of carbonyl (C=O) groups is 2. The van der Waals surface area contributed by atoms with Gasteiger partial charge in [-0.2, -0.15) is 5.26 Å². The van der Waals surface area contributed by atoms with Crippen molar-refractivity contribution in [2.75, 3.05) is 19.8 Å². The van der Waals surface area contributed by atoms with Gasteiger partial charge in [0.15, 0.2) is 11.5 Å². The molecule has 3 aromatic carbocycles. The van der Waals surface area contributed by atoms with Crippen LogP contribution in [0, 0.1) is 21.8 Å². The predicted octanol–water partition coefficient (Wildman–Crippen LogP) is 6.56. The molecular formula is C29H25IN2O5S. The molecule has 2 amide bonds. The Morgan fingerprint density at radius 3 is 2.55 bits per heavy atom. The summed E-state index contributed by atoms with van der Waals surface area (Å²) in [5.41, 5.74) is 3.16. The van der Waals surface area contributed by atoms with E-state index in [4.69, 9.17) is 14.2 Å². The highest BCUT2D eigenvalue weighted by atomic mass is 127. The molecule has 1 heterocycles. The van der Waals surface area contributed by atoms with Crippen LogP contribution in [0.5, 0.6) is 17.2 Å². The van der Waals surface area contributed by atoms with Crippen molar-refractivity contribution in [3.63, 3.8) is 0 Å². The molecule has 0 unspecified atom stereocenters. The normalized spacial score (nSPS) is 14.1. The second kappa shape index (κ2) is 12.8. The Morgan fingerprint density at radius 1 is 1.05 bits per heavy atom. The summed E-state index contributed by atoms with van der Waals surface area (Å²) in [6.07, 6.45) is 1.69. The summed E-state index contributed by atoms with van der Waals surface area (Å²) in [5, 5.41) is 9.02. The van der Waals surface area contributed by atoms with E-state index in [0.29, 0.717) is 39.9 Å². The van der Waals surface area contributed by atoms with Gasteiger partial charge in [0.1, 0.15) is 19.0 Å². The van der Waals surface area contributed by atoms with Crippen molar-refractivity contribution in [1.82, 2.24) is 4.90 Å². The number of halogens is 1. The molecular weight excluding hydrogens is 615 g/mol. The predicted molar refractivity (Wildman–Crippen MR) is 155 cm³/mol. The summed E-state index contributed by atoms with van der Waals surface area (Å²) in [6, 6.07) is 20.7. The van der Waals surface area contributed by atoms with E-state index >= 15 is 0 Å². The fourth-order valence-corrected chi connectivity index (χ4v) is 5.36. The maximum absolute atomic E-state index is 13.0. The average Bonchev–Trinajstić information content (AvgIpc) is 3.17. The Balaban J connectivity index is 1.47. The second-order valence-corrected chi connectivity index (χ2v) is 10.5. The summed E-state index contributed by atoms with van der Waals surface area (Å²) in [4.78, 5) is 27.0. The third-order valence-electron chi connectivity index (χ3n) is 5.62. The molecule has 4 rings (SSSR count). The number of thioether (sulfide) groups is 1. The van der Waals surface area contributed by atoms with E-state index < -0.39 is 0 Å². The molecule has 0 aromatic heterocycles. The molecule has 1 aliphatic heterocycles. The number of hydrogen-bond donors (Lipinski definition) is 0. The lowest BCUT2D eigenvalue weighted by atomic mass is 10.1. The topological polar surface area (TPSA) is 88.9 Å². The van der Waals surface area contributed by atoms with Gasteiger partial charge >= 0.3 is 0 Å². The Labute approximate surface area is 239 Å². The molecule has 38 heavy (non-hydrogen) atoms. The van der Waals surface area contributed by atoms with E-state index in [1.165, 1.54) is 4.90 Å². The lowest BCUT2D eigenvalue weighted by molar-refractivity contribution is -0.123. The van der Waals surface area contributed by atoms with Crippen molar-refractivity contribution < 1.29 is 23.8 Å². The van der Waals surface area contributed by atoms with Crippen molar-refractivity contribution >= 4 is 51.6 Å². The first kappa shape index (κ1) is 27.5. The number of hydrogen-bond acceptors (Lipinski definition) is 7. The third kappa shape index (κ3) is 6.68. The van der Waals surface area contributed by atoms with Crippen molar-refractivity contribution in [1.29, 1.82) is 5.26 Å².